The molecule has 0 aliphatic carbocycles. The van der Waals surface area contributed by atoms with Gasteiger partial charge in [0.1, 0.15) is 6.54 Å². The lowest BCUT2D eigenvalue weighted by Crippen LogP contribution is -2.36. The van der Waals surface area contributed by atoms with E-state index in [1.54, 1.807) is 12.1 Å². The number of halogens is 1. The van der Waals surface area contributed by atoms with E-state index in [0.717, 1.165) is 11.1 Å². The molecule has 0 aromatic heterocycles. The third kappa shape index (κ3) is 5.97. The van der Waals surface area contributed by atoms with E-state index in [9.17, 15) is 9.59 Å². The van der Waals surface area contributed by atoms with Crippen molar-refractivity contribution < 1.29 is 19.4 Å². The highest BCUT2D eigenvalue weighted by Gasteiger charge is 2.13. The minimum Gasteiger partial charge on any atom is -0.480 e. The summed E-state index contributed by atoms with van der Waals surface area (Å²) in [6, 6.07) is 5.44. The number of rotatable bonds is 7. The summed E-state index contributed by atoms with van der Waals surface area (Å²) in [4.78, 5) is 24.0. The van der Waals surface area contributed by atoms with Gasteiger partial charge in [0.2, 0.25) is 5.91 Å². The number of methoxy groups -OCH3 is 1. The number of aliphatic carboxylic acids is 1. The first-order valence-corrected chi connectivity index (χ1v) is 6.75. The van der Waals surface area contributed by atoms with Crippen molar-refractivity contribution in [1.29, 1.82) is 0 Å². The fraction of sp³-hybridized carbons (Fsp3) is 0.333. The molecular formula is C15H18ClNO4. The maximum absolute atomic E-state index is 12.0. The van der Waals surface area contributed by atoms with Gasteiger partial charge in [-0.25, -0.2) is 0 Å². The largest absolute Gasteiger partial charge is 0.480 e. The fourth-order valence-corrected chi connectivity index (χ4v) is 1.81. The highest BCUT2D eigenvalue weighted by Crippen LogP contribution is 2.17. The quantitative estimate of drug-likeness (QED) is 0.784. The summed E-state index contributed by atoms with van der Waals surface area (Å²) >= 11 is 6.01. The van der Waals surface area contributed by atoms with E-state index in [0.29, 0.717) is 5.02 Å². The lowest BCUT2D eigenvalue weighted by molar-refractivity contribution is -0.143. The topological polar surface area (TPSA) is 66.8 Å². The molecule has 6 heteroatoms. The van der Waals surface area contributed by atoms with Crippen LogP contribution in [0.25, 0.3) is 6.08 Å². The first-order valence-electron chi connectivity index (χ1n) is 6.38. The molecule has 0 spiro atoms. The minimum absolute atomic E-state index is 0.223. The first-order chi connectivity index (χ1) is 9.93. The molecule has 5 nitrogen and oxygen atoms in total. The van der Waals surface area contributed by atoms with E-state index < -0.39 is 5.97 Å². The number of amides is 1. The molecule has 0 saturated heterocycles. The van der Waals surface area contributed by atoms with Crippen molar-refractivity contribution in [2.45, 2.75) is 6.92 Å². The molecule has 1 N–H and O–H groups in total. The second kappa shape index (κ2) is 8.44. The Bertz CT molecular complexity index is 542. The van der Waals surface area contributed by atoms with Gasteiger partial charge in [-0.15, -0.1) is 0 Å². The zero-order valence-electron chi connectivity index (χ0n) is 12.0. The molecule has 21 heavy (non-hydrogen) atoms. The number of carboxylic acids is 1. The van der Waals surface area contributed by atoms with Crippen LogP contribution in [0.5, 0.6) is 0 Å². The molecule has 0 unspecified atom stereocenters. The summed E-state index contributed by atoms with van der Waals surface area (Å²) in [5.41, 5.74) is 1.73. The van der Waals surface area contributed by atoms with Crippen LogP contribution in [0.1, 0.15) is 11.1 Å². The molecule has 114 valence electrons. The van der Waals surface area contributed by atoms with Gasteiger partial charge in [0, 0.05) is 24.8 Å². The molecule has 0 aliphatic heterocycles. The van der Waals surface area contributed by atoms with Crippen molar-refractivity contribution >= 4 is 29.6 Å². The molecule has 1 aromatic carbocycles. The van der Waals surface area contributed by atoms with Gasteiger partial charge in [-0.2, -0.15) is 0 Å². The van der Waals surface area contributed by atoms with Gasteiger partial charge < -0.3 is 14.7 Å². The van der Waals surface area contributed by atoms with Crippen LogP contribution < -0.4 is 0 Å². The van der Waals surface area contributed by atoms with Crippen LogP contribution >= 0.6 is 11.6 Å². The van der Waals surface area contributed by atoms with E-state index in [-0.39, 0.29) is 25.6 Å². The Morgan fingerprint density at radius 1 is 1.43 bits per heavy atom. The molecule has 1 amide bonds. The number of benzene rings is 1. The van der Waals surface area contributed by atoms with Crippen molar-refractivity contribution in [3.63, 3.8) is 0 Å². The summed E-state index contributed by atoms with van der Waals surface area (Å²) in [6.45, 7) is 2.03. The smallest absolute Gasteiger partial charge is 0.323 e. The van der Waals surface area contributed by atoms with Crippen LogP contribution in [0.15, 0.2) is 24.3 Å². The van der Waals surface area contributed by atoms with Gasteiger partial charge in [0.15, 0.2) is 0 Å². The summed E-state index contributed by atoms with van der Waals surface area (Å²) in [5.74, 6) is -1.45. The Kier molecular flexibility index (Phi) is 6.91. The second-order valence-electron chi connectivity index (χ2n) is 4.49. The fourth-order valence-electron chi connectivity index (χ4n) is 1.62. The Hall–Kier alpha value is -1.85. The molecule has 0 atom stereocenters. The third-order valence-corrected chi connectivity index (χ3v) is 3.22. The Balaban J connectivity index is 2.76. The number of ether oxygens (including phenoxy) is 1. The predicted molar refractivity (Wildman–Crippen MR) is 81.3 cm³/mol. The first kappa shape index (κ1) is 17.2. The number of carbonyl (C=O) groups is 2. The average Bonchev–Trinajstić information content (AvgIpc) is 2.44. The number of nitrogens with zero attached hydrogens (tertiary/aromatic N) is 1. The molecular weight excluding hydrogens is 294 g/mol. The molecule has 1 aromatic rings. The Morgan fingerprint density at radius 2 is 2.14 bits per heavy atom. The molecule has 0 heterocycles. The normalized spacial score (nSPS) is 10.8. The van der Waals surface area contributed by atoms with E-state index in [1.807, 2.05) is 19.1 Å². The zero-order chi connectivity index (χ0) is 15.8. The summed E-state index contributed by atoms with van der Waals surface area (Å²) < 4.78 is 4.87. The van der Waals surface area contributed by atoms with Gasteiger partial charge in [-0.1, -0.05) is 23.7 Å². The van der Waals surface area contributed by atoms with E-state index in [2.05, 4.69) is 0 Å². The zero-order valence-corrected chi connectivity index (χ0v) is 12.8. The lowest BCUT2D eigenvalue weighted by Gasteiger charge is -2.18. The minimum atomic E-state index is -1.06. The van der Waals surface area contributed by atoms with Crippen LogP contribution in [0.4, 0.5) is 0 Å². The summed E-state index contributed by atoms with van der Waals surface area (Å²) in [6.07, 6.45) is 2.94. The number of carbonyl (C=O) groups excluding carboxylic acids is 1. The number of hydrogen-bond acceptors (Lipinski definition) is 3. The van der Waals surface area contributed by atoms with Crippen LogP contribution in [-0.2, 0) is 14.3 Å². The second-order valence-corrected chi connectivity index (χ2v) is 4.90. The van der Waals surface area contributed by atoms with Gasteiger partial charge in [0.25, 0.3) is 0 Å². The van der Waals surface area contributed by atoms with Crippen LogP contribution in [0, 0.1) is 6.92 Å². The van der Waals surface area contributed by atoms with Crippen LogP contribution in [0.3, 0.4) is 0 Å². The van der Waals surface area contributed by atoms with Gasteiger partial charge in [0.05, 0.1) is 6.61 Å². The van der Waals surface area contributed by atoms with Crippen molar-refractivity contribution in [2.75, 3.05) is 26.8 Å². The monoisotopic (exact) mass is 311 g/mol. The number of aryl methyl sites for hydroxylation is 1. The molecule has 0 radical (unpaired) electrons. The summed E-state index contributed by atoms with van der Waals surface area (Å²) in [5, 5.41) is 9.43. The van der Waals surface area contributed by atoms with Gasteiger partial charge >= 0.3 is 5.97 Å². The van der Waals surface area contributed by atoms with E-state index in [1.165, 1.54) is 18.1 Å². The van der Waals surface area contributed by atoms with Crippen molar-refractivity contribution in [2.24, 2.45) is 0 Å². The number of carboxylic acid groups (broad SMARTS) is 1. The predicted octanol–water partition coefficient (Wildman–Crippen LogP) is 2.22. The SMILES string of the molecule is COCCN(CC(=O)O)C(=O)C=Cc1ccc(C)c(Cl)c1. The van der Waals surface area contributed by atoms with Crippen molar-refractivity contribution in [1.82, 2.24) is 4.90 Å². The lowest BCUT2D eigenvalue weighted by atomic mass is 10.1. The average molecular weight is 312 g/mol. The van der Waals surface area contributed by atoms with Crippen molar-refractivity contribution in [3.05, 3.63) is 40.4 Å². The van der Waals surface area contributed by atoms with Gasteiger partial charge in [-0.05, 0) is 30.2 Å². The Labute approximate surface area is 128 Å². The Morgan fingerprint density at radius 3 is 2.71 bits per heavy atom. The van der Waals surface area contributed by atoms with Crippen LogP contribution in [-0.4, -0.2) is 48.7 Å². The van der Waals surface area contributed by atoms with Crippen molar-refractivity contribution in [3.8, 4) is 0 Å². The molecule has 1 rings (SSSR count). The molecule has 0 aliphatic rings. The maximum atomic E-state index is 12.0. The van der Waals surface area contributed by atoms with E-state index >= 15 is 0 Å². The van der Waals surface area contributed by atoms with Gasteiger partial charge in [-0.3, -0.25) is 9.59 Å². The van der Waals surface area contributed by atoms with E-state index in [4.69, 9.17) is 21.4 Å². The van der Waals surface area contributed by atoms with Crippen LogP contribution in [0.2, 0.25) is 5.02 Å². The standard InChI is InChI=1S/C15H18ClNO4/c1-11-3-4-12(9-13(11)16)5-6-14(18)17(7-8-21-2)10-15(19)20/h3-6,9H,7-8,10H2,1-2H3,(H,19,20). The molecule has 0 bridgehead atoms. The number of hydrogen-bond donors (Lipinski definition) is 1. The maximum Gasteiger partial charge on any atom is 0.323 e. The molecule has 0 saturated carbocycles. The summed E-state index contributed by atoms with van der Waals surface area (Å²) in [7, 11) is 1.49. The highest BCUT2D eigenvalue weighted by molar-refractivity contribution is 6.31. The highest BCUT2D eigenvalue weighted by atomic mass is 35.5. The molecule has 0 fully saturated rings. The third-order valence-electron chi connectivity index (χ3n) is 2.82.